The predicted octanol–water partition coefficient (Wildman–Crippen LogP) is 4.63. The lowest BCUT2D eigenvalue weighted by molar-refractivity contribution is -0.0108. The number of carbonyl (C=O) groups excluding carboxylic acids is 1. The summed E-state index contributed by atoms with van der Waals surface area (Å²) in [6.07, 6.45) is 5.52. The monoisotopic (exact) mass is 479 g/mol. The number of carbonyl (C=O) groups is 1. The first-order valence-electron chi connectivity index (χ1n) is 11.6. The van der Waals surface area contributed by atoms with Crippen LogP contribution in [0.15, 0.2) is 42.9 Å². The molecule has 0 atom stereocenters. The van der Waals surface area contributed by atoms with Crippen molar-refractivity contribution in [2.45, 2.75) is 45.6 Å². The number of benzene rings is 1. The third-order valence-electron chi connectivity index (χ3n) is 6.59. The van der Waals surface area contributed by atoms with Crippen LogP contribution in [0.5, 0.6) is 0 Å². The smallest absolute Gasteiger partial charge is 0.255 e. The minimum atomic E-state index is -0.735. The second kappa shape index (κ2) is 9.68. The van der Waals surface area contributed by atoms with Crippen LogP contribution in [0.4, 0.5) is 5.82 Å². The third-order valence-corrected chi connectivity index (χ3v) is 6.90. The number of hydrogen-bond donors (Lipinski definition) is 2. The molecule has 3 heterocycles. The fraction of sp³-hybridized carbons (Fsp3) is 0.385. The number of pyridine rings is 1. The molecule has 34 heavy (non-hydrogen) atoms. The Balaban J connectivity index is 1.63. The van der Waals surface area contributed by atoms with E-state index in [0.717, 1.165) is 47.3 Å². The topological polar surface area (TPSA) is 105 Å². The summed E-state index contributed by atoms with van der Waals surface area (Å²) in [7, 11) is 0. The Hall–Kier alpha value is -3.03. The van der Waals surface area contributed by atoms with Crippen LogP contribution in [0.1, 0.15) is 49.7 Å². The quantitative estimate of drug-likeness (QED) is 0.552. The number of halogens is 1. The van der Waals surface area contributed by atoms with Gasteiger partial charge in [-0.25, -0.2) is 15.0 Å². The number of nitrogen functional groups attached to an aromatic ring is 1. The third kappa shape index (κ3) is 4.91. The number of rotatable bonds is 5. The van der Waals surface area contributed by atoms with Crippen LogP contribution >= 0.6 is 11.6 Å². The van der Waals surface area contributed by atoms with Crippen molar-refractivity contribution in [1.82, 2.24) is 19.9 Å². The summed E-state index contributed by atoms with van der Waals surface area (Å²) in [4.78, 5) is 28.2. The van der Waals surface area contributed by atoms with Gasteiger partial charge < -0.3 is 15.7 Å². The van der Waals surface area contributed by atoms with E-state index in [1.807, 2.05) is 37.8 Å². The Kier molecular flexibility index (Phi) is 6.86. The molecule has 8 heteroatoms. The van der Waals surface area contributed by atoms with Crippen molar-refractivity contribution in [2.75, 3.05) is 18.8 Å². The highest BCUT2D eigenvalue weighted by Gasteiger charge is 2.32. The summed E-state index contributed by atoms with van der Waals surface area (Å²) in [5.41, 5.74) is 9.66. The normalized spacial score (nSPS) is 14.9. The number of aryl methyl sites for hydroxylation is 1. The fourth-order valence-corrected chi connectivity index (χ4v) is 4.82. The first-order chi connectivity index (χ1) is 16.2. The zero-order valence-electron chi connectivity index (χ0n) is 19.8. The van der Waals surface area contributed by atoms with Crippen molar-refractivity contribution >= 4 is 23.3 Å². The first-order valence-corrected chi connectivity index (χ1v) is 11.9. The molecule has 1 aliphatic rings. The van der Waals surface area contributed by atoms with E-state index in [9.17, 15) is 9.90 Å². The molecule has 1 saturated heterocycles. The van der Waals surface area contributed by atoms with Gasteiger partial charge in [0.25, 0.3) is 5.91 Å². The maximum Gasteiger partial charge on any atom is 0.255 e. The minimum Gasteiger partial charge on any atom is -0.390 e. The molecule has 3 aromatic rings. The molecule has 0 unspecified atom stereocenters. The number of nitrogens with two attached hydrogens (primary N) is 1. The van der Waals surface area contributed by atoms with Gasteiger partial charge in [-0.15, -0.1) is 0 Å². The first kappa shape index (κ1) is 24.1. The molecule has 0 saturated carbocycles. The summed E-state index contributed by atoms with van der Waals surface area (Å²) in [6.45, 7) is 6.90. The standard InChI is InChI=1S/C26H30ClN5O2/c1-4-21-23(17-6-8-22(28)29-14-17)24(31-15-30-21)16-5-7-19(20(27)13-16)25(33)32-11-9-18(10-12-32)26(2,3)34/h5-8,13-15,18,34H,4,9-12H2,1-3H3,(H2,28,29). The van der Waals surface area contributed by atoms with Gasteiger partial charge in [0, 0.05) is 36.0 Å². The van der Waals surface area contributed by atoms with Crippen molar-refractivity contribution in [3.8, 4) is 22.4 Å². The van der Waals surface area contributed by atoms with Gasteiger partial charge in [-0.05, 0) is 63.3 Å². The largest absolute Gasteiger partial charge is 0.390 e. The molecule has 2 aromatic heterocycles. The molecule has 0 bridgehead atoms. The van der Waals surface area contributed by atoms with Crippen LogP contribution in [0.3, 0.4) is 0 Å². The van der Waals surface area contributed by atoms with Crippen LogP contribution in [0.2, 0.25) is 5.02 Å². The molecule has 3 N–H and O–H groups in total. The van der Waals surface area contributed by atoms with E-state index in [2.05, 4.69) is 15.0 Å². The van der Waals surface area contributed by atoms with E-state index in [1.54, 1.807) is 30.7 Å². The maximum atomic E-state index is 13.2. The molecule has 178 valence electrons. The SMILES string of the molecule is CCc1ncnc(-c2ccc(C(=O)N3CCC(C(C)(C)O)CC3)c(Cl)c2)c1-c1ccc(N)nc1. The second-order valence-corrected chi connectivity index (χ2v) is 9.69. The molecule has 0 spiro atoms. The van der Waals surface area contributed by atoms with E-state index in [4.69, 9.17) is 17.3 Å². The number of hydrogen-bond acceptors (Lipinski definition) is 6. The van der Waals surface area contributed by atoms with E-state index in [0.29, 0.717) is 29.5 Å². The lowest BCUT2D eigenvalue weighted by atomic mass is 9.83. The molecule has 1 amide bonds. The van der Waals surface area contributed by atoms with Gasteiger partial charge in [-0.1, -0.05) is 24.6 Å². The average Bonchev–Trinajstić information content (AvgIpc) is 2.83. The van der Waals surface area contributed by atoms with E-state index in [1.165, 1.54) is 0 Å². The molecule has 1 aliphatic heterocycles. The number of aromatic nitrogens is 3. The summed E-state index contributed by atoms with van der Waals surface area (Å²) >= 11 is 6.63. The zero-order valence-corrected chi connectivity index (χ0v) is 20.5. The lowest BCUT2D eigenvalue weighted by Gasteiger charge is -2.37. The number of aliphatic hydroxyl groups is 1. The molecule has 0 aliphatic carbocycles. The second-order valence-electron chi connectivity index (χ2n) is 9.28. The van der Waals surface area contributed by atoms with Gasteiger partial charge in [0.1, 0.15) is 12.1 Å². The molecule has 7 nitrogen and oxygen atoms in total. The van der Waals surface area contributed by atoms with Crippen LogP contribution in [0.25, 0.3) is 22.4 Å². The van der Waals surface area contributed by atoms with Crippen LogP contribution in [-0.4, -0.2) is 49.6 Å². The van der Waals surface area contributed by atoms with Crippen LogP contribution in [0, 0.1) is 5.92 Å². The van der Waals surface area contributed by atoms with Crippen molar-refractivity contribution in [3.63, 3.8) is 0 Å². The molecular weight excluding hydrogens is 450 g/mol. The molecule has 0 radical (unpaired) electrons. The average molecular weight is 480 g/mol. The highest BCUT2D eigenvalue weighted by atomic mass is 35.5. The molecular formula is C26H30ClN5O2. The number of likely N-dealkylation sites (tertiary alicyclic amines) is 1. The Labute approximate surface area is 205 Å². The lowest BCUT2D eigenvalue weighted by Crippen LogP contribution is -2.44. The molecule has 4 rings (SSSR count). The van der Waals surface area contributed by atoms with E-state index in [-0.39, 0.29) is 11.8 Å². The van der Waals surface area contributed by atoms with Crippen molar-refractivity contribution < 1.29 is 9.90 Å². The van der Waals surface area contributed by atoms with Gasteiger partial charge in [0.2, 0.25) is 0 Å². The van der Waals surface area contributed by atoms with Crippen molar-refractivity contribution in [3.05, 3.63) is 59.1 Å². The van der Waals surface area contributed by atoms with Crippen molar-refractivity contribution in [2.24, 2.45) is 5.92 Å². The van der Waals surface area contributed by atoms with Gasteiger partial charge in [0.05, 0.1) is 27.6 Å². The Morgan fingerprint density at radius 3 is 2.44 bits per heavy atom. The van der Waals surface area contributed by atoms with E-state index >= 15 is 0 Å². The van der Waals surface area contributed by atoms with Crippen molar-refractivity contribution in [1.29, 1.82) is 0 Å². The van der Waals surface area contributed by atoms with Gasteiger partial charge in [-0.3, -0.25) is 4.79 Å². The maximum absolute atomic E-state index is 13.2. The minimum absolute atomic E-state index is 0.0920. The summed E-state index contributed by atoms with van der Waals surface area (Å²) in [6, 6.07) is 9.08. The fourth-order valence-electron chi connectivity index (χ4n) is 4.56. The van der Waals surface area contributed by atoms with E-state index < -0.39 is 5.60 Å². The zero-order chi connectivity index (χ0) is 24.5. The number of piperidine rings is 1. The Morgan fingerprint density at radius 2 is 1.85 bits per heavy atom. The summed E-state index contributed by atoms with van der Waals surface area (Å²) in [5, 5.41) is 10.7. The van der Waals surface area contributed by atoms with Crippen LogP contribution in [-0.2, 0) is 6.42 Å². The highest BCUT2D eigenvalue weighted by Crippen LogP contribution is 2.35. The Morgan fingerprint density at radius 1 is 1.15 bits per heavy atom. The predicted molar refractivity (Wildman–Crippen MR) is 134 cm³/mol. The van der Waals surface area contributed by atoms with Crippen LogP contribution < -0.4 is 5.73 Å². The van der Waals surface area contributed by atoms with Gasteiger partial charge in [-0.2, -0.15) is 0 Å². The molecule has 1 fully saturated rings. The molecule has 1 aromatic carbocycles. The number of nitrogens with zero attached hydrogens (tertiary/aromatic N) is 4. The number of anilines is 1. The Bertz CT molecular complexity index is 1180. The highest BCUT2D eigenvalue weighted by molar-refractivity contribution is 6.34. The number of amides is 1. The summed E-state index contributed by atoms with van der Waals surface area (Å²) in [5.74, 6) is 0.532. The van der Waals surface area contributed by atoms with Gasteiger partial charge in [0.15, 0.2) is 0 Å². The summed E-state index contributed by atoms with van der Waals surface area (Å²) < 4.78 is 0. The van der Waals surface area contributed by atoms with Gasteiger partial charge >= 0.3 is 0 Å².